The first-order valence-corrected chi connectivity index (χ1v) is 9.57. The molecular weight excluding hydrogens is 350 g/mol. The number of carbonyl (C=O) groups is 1. The molecule has 1 atom stereocenters. The first-order valence-electron chi connectivity index (χ1n) is 8.59. The molecular formula is C18H19N5O2S. The summed E-state index contributed by atoms with van der Waals surface area (Å²) in [5, 5.41) is 17.6. The van der Waals surface area contributed by atoms with Crippen LogP contribution in [0.4, 0.5) is 0 Å². The summed E-state index contributed by atoms with van der Waals surface area (Å²) in [6.07, 6.45) is 2.21. The van der Waals surface area contributed by atoms with Crippen molar-refractivity contribution in [2.75, 3.05) is 18.9 Å². The number of rotatable bonds is 6. The quantitative estimate of drug-likeness (QED) is 0.671. The highest BCUT2D eigenvalue weighted by atomic mass is 32.2. The maximum atomic E-state index is 12.1. The summed E-state index contributed by atoms with van der Waals surface area (Å²) in [4.78, 5) is 12.1. The van der Waals surface area contributed by atoms with Crippen molar-refractivity contribution in [2.45, 2.75) is 24.1 Å². The van der Waals surface area contributed by atoms with Crippen molar-refractivity contribution in [1.82, 2.24) is 25.5 Å². The van der Waals surface area contributed by atoms with Crippen LogP contribution in [0.25, 0.3) is 16.5 Å². The highest BCUT2D eigenvalue weighted by Crippen LogP contribution is 2.25. The largest absolute Gasteiger partial charge is 0.376 e. The lowest BCUT2D eigenvalue weighted by atomic mass is 10.1. The van der Waals surface area contributed by atoms with Gasteiger partial charge in [0.05, 0.1) is 17.5 Å². The molecule has 7 nitrogen and oxygen atoms in total. The number of fused-ring (bicyclic) bond motifs is 1. The molecule has 4 rings (SSSR count). The summed E-state index contributed by atoms with van der Waals surface area (Å²) in [5.74, 6) is 0.218. The Morgan fingerprint density at radius 2 is 2.15 bits per heavy atom. The Kier molecular flexibility index (Phi) is 5.12. The number of benzene rings is 2. The Bertz CT molecular complexity index is 902. The van der Waals surface area contributed by atoms with Gasteiger partial charge in [0.15, 0.2) is 0 Å². The predicted octanol–water partition coefficient (Wildman–Crippen LogP) is 2.20. The van der Waals surface area contributed by atoms with Crippen LogP contribution in [0, 0.1) is 0 Å². The monoisotopic (exact) mass is 369 g/mol. The SMILES string of the molecule is O=C(CSc1nnnn1-c1cccc2ccccc12)NC[C@H]1CCCO1. The molecule has 3 aromatic rings. The normalized spacial score (nSPS) is 16.8. The molecule has 8 heteroatoms. The minimum atomic E-state index is -0.0435. The number of aromatic nitrogens is 4. The topological polar surface area (TPSA) is 81.9 Å². The number of hydrogen-bond acceptors (Lipinski definition) is 6. The van der Waals surface area contributed by atoms with E-state index >= 15 is 0 Å². The second-order valence-corrected chi connectivity index (χ2v) is 7.04. The molecule has 0 radical (unpaired) electrons. The molecule has 0 unspecified atom stereocenters. The van der Waals surface area contributed by atoms with Crippen LogP contribution in [0.5, 0.6) is 0 Å². The fourth-order valence-electron chi connectivity index (χ4n) is 3.03. The van der Waals surface area contributed by atoms with Gasteiger partial charge in [0, 0.05) is 18.5 Å². The second kappa shape index (κ2) is 7.84. The second-order valence-electron chi connectivity index (χ2n) is 6.10. The summed E-state index contributed by atoms with van der Waals surface area (Å²) >= 11 is 1.32. The van der Waals surface area contributed by atoms with Gasteiger partial charge in [-0.2, -0.15) is 4.68 Å². The van der Waals surface area contributed by atoms with Crippen LogP contribution in [0.3, 0.4) is 0 Å². The minimum Gasteiger partial charge on any atom is -0.376 e. The third-order valence-corrected chi connectivity index (χ3v) is 5.24. The Morgan fingerprint density at radius 1 is 1.27 bits per heavy atom. The molecule has 26 heavy (non-hydrogen) atoms. The van der Waals surface area contributed by atoms with Crippen molar-refractivity contribution in [2.24, 2.45) is 0 Å². The van der Waals surface area contributed by atoms with Gasteiger partial charge >= 0.3 is 0 Å². The van der Waals surface area contributed by atoms with E-state index in [4.69, 9.17) is 4.74 Å². The first-order chi connectivity index (χ1) is 12.8. The van der Waals surface area contributed by atoms with Crippen LogP contribution in [-0.4, -0.2) is 51.1 Å². The highest BCUT2D eigenvalue weighted by molar-refractivity contribution is 7.99. The number of hydrogen-bond donors (Lipinski definition) is 1. The zero-order chi connectivity index (χ0) is 17.8. The Balaban J connectivity index is 1.44. The number of amides is 1. The van der Waals surface area contributed by atoms with Gasteiger partial charge in [0.2, 0.25) is 11.1 Å². The van der Waals surface area contributed by atoms with E-state index in [1.54, 1.807) is 4.68 Å². The number of nitrogens with one attached hydrogen (secondary N) is 1. The van der Waals surface area contributed by atoms with Crippen LogP contribution in [0.1, 0.15) is 12.8 Å². The molecule has 1 saturated heterocycles. The van der Waals surface area contributed by atoms with E-state index in [1.807, 2.05) is 30.3 Å². The van der Waals surface area contributed by atoms with Crippen molar-refractivity contribution in [3.8, 4) is 5.69 Å². The smallest absolute Gasteiger partial charge is 0.230 e. The number of thioether (sulfide) groups is 1. The van der Waals surface area contributed by atoms with E-state index in [9.17, 15) is 4.79 Å². The van der Waals surface area contributed by atoms with Gasteiger partial charge in [0.1, 0.15) is 0 Å². The summed E-state index contributed by atoms with van der Waals surface area (Å²) in [5.41, 5.74) is 0.898. The van der Waals surface area contributed by atoms with Crippen LogP contribution in [0.2, 0.25) is 0 Å². The third-order valence-electron chi connectivity index (χ3n) is 4.32. The van der Waals surface area contributed by atoms with Gasteiger partial charge in [-0.15, -0.1) is 5.10 Å². The van der Waals surface area contributed by atoms with E-state index in [0.29, 0.717) is 11.7 Å². The lowest BCUT2D eigenvalue weighted by Gasteiger charge is -2.11. The summed E-state index contributed by atoms with van der Waals surface area (Å²) < 4.78 is 7.19. The number of carbonyl (C=O) groups excluding carboxylic acids is 1. The number of tetrazole rings is 1. The van der Waals surface area contributed by atoms with Gasteiger partial charge in [-0.3, -0.25) is 4.79 Å². The fourth-order valence-corrected chi connectivity index (χ4v) is 3.74. The number of nitrogens with zero attached hydrogens (tertiary/aromatic N) is 4. The van der Waals surface area contributed by atoms with E-state index in [-0.39, 0.29) is 17.8 Å². The molecule has 1 aliphatic heterocycles. The van der Waals surface area contributed by atoms with Crippen LogP contribution < -0.4 is 5.32 Å². The molecule has 1 amide bonds. The van der Waals surface area contributed by atoms with Gasteiger partial charge in [-0.25, -0.2) is 0 Å². The lowest BCUT2D eigenvalue weighted by Crippen LogP contribution is -2.32. The molecule has 134 valence electrons. The maximum absolute atomic E-state index is 12.1. The molecule has 1 aromatic heterocycles. The summed E-state index contributed by atoms with van der Waals surface area (Å²) in [6.45, 7) is 1.35. The molecule has 0 aliphatic carbocycles. The Morgan fingerprint density at radius 3 is 3.04 bits per heavy atom. The summed E-state index contributed by atoms with van der Waals surface area (Å²) in [7, 11) is 0. The maximum Gasteiger partial charge on any atom is 0.230 e. The molecule has 1 fully saturated rings. The molecule has 0 saturated carbocycles. The van der Waals surface area contributed by atoms with Crippen LogP contribution >= 0.6 is 11.8 Å². The van der Waals surface area contributed by atoms with Gasteiger partial charge in [0.25, 0.3) is 0 Å². The average molecular weight is 369 g/mol. The van der Waals surface area contributed by atoms with Crippen molar-refractivity contribution in [3.05, 3.63) is 42.5 Å². The fraction of sp³-hybridized carbons (Fsp3) is 0.333. The van der Waals surface area contributed by atoms with Gasteiger partial charge < -0.3 is 10.1 Å². The van der Waals surface area contributed by atoms with Gasteiger partial charge in [-0.1, -0.05) is 48.2 Å². The van der Waals surface area contributed by atoms with E-state index in [1.165, 1.54) is 11.8 Å². The minimum absolute atomic E-state index is 0.0435. The molecule has 2 aromatic carbocycles. The van der Waals surface area contributed by atoms with Crippen molar-refractivity contribution in [1.29, 1.82) is 0 Å². The van der Waals surface area contributed by atoms with E-state index in [2.05, 4.69) is 33.0 Å². The molecule has 0 bridgehead atoms. The number of ether oxygens (including phenoxy) is 1. The highest BCUT2D eigenvalue weighted by Gasteiger charge is 2.17. The predicted molar refractivity (Wildman–Crippen MR) is 99.4 cm³/mol. The average Bonchev–Trinajstić information content (AvgIpc) is 3.36. The van der Waals surface area contributed by atoms with Crippen molar-refractivity contribution < 1.29 is 9.53 Å². The third kappa shape index (κ3) is 3.71. The first kappa shape index (κ1) is 17.0. The zero-order valence-electron chi connectivity index (χ0n) is 14.2. The molecule has 2 heterocycles. The molecule has 1 aliphatic rings. The Labute approximate surface area is 155 Å². The zero-order valence-corrected chi connectivity index (χ0v) is 15.0. The van der Waals surface area contributed by atoms with E-state index in [0.717, 1.165) is 35.9 Å². The van der Waals surface area contributed by atoms with Crippen LogP contribution in [0.15, 0.2) is 47.6 Å². The van der Waals surface area contributed by atoms with Crippen molar-refractivity contribution in [3.63, 3.8) is 0 Å². The lowest BCUT2D eigenvalue weighted by molar-refractivity contribution is -0.119. The Hall–Kier alpha value is -2.45. The van der Waals surface area contributed by atoms with Crippen molar-refractivity contribution >= 4 is 28.4 Å². The standard InChI is InChI=1S/C18H19N5O2S/c24-17(19-11-14-7-4-10-25-14)12-26-18-20-21-22-23(18)16-9-3-6-13-5-1-2-8-15(13)16/h1-3,5-6,8-9,14H,4,7,10-12H2,(H,19,24)/t14-/m1/s1. The van der Waals surface area contributed by atoms with E-state index < -0.39 is 0 Å². The van der Waals surface area contributed by atoms with Gasteiger partial charge in [-0.05, 0) is 34.7 Å². The van der Waals surface area contributed by atoms with Crippen LogP contribution in [-0.2, 0) is 9.53 Å². The molecule has 0 spiro atoms. The molecule has 1 N–H and O–H groups in total. The summed E-state index contributed by atoms with van der Waals surface area (Å²) in [6, 6.07) is 14.1.